The Morgan fingerprint density at radius 2 is 1.62 bits per heavy atom. The van der Waals surface area contributed by atoms with E-state index in [1.165, 1.54) is 0 Å². The van der Waals surface area contributed by atoms with Crippen molar-refractivity contribution in [3.05, 3.63) is 23.2 Å². The summed E-state index contributed by atoms with van der Waals surface area (Å²) in [6.45, 7) is 0. The minimum Gasteiger partial charge on any atom is -0.397 e. The van der Waals surface area contributed by atoms with E-state index in [4.69, 9.17) is 17.2 Å². The fraction of sp³-hybridized carbons (Fsp3) is 0.250. The van der Waals surface area contributed by atoms with Crippen LogP contribution in [0.25, 0.3) is 0 Å². The van der Waals surface area contributed by atoms with E-state index < -0.39 is 0 Å². The molecule has 0 unspecified atom stereocenters. The molecule has 0 aliphatic heterocycles. The van der Waals surface area contributed by atoms with Crippen LogP contribution in [0.2, 0.25) is 0 Å². The monoisotopic (exact) mass is 179 g/mol. The lowest BCUT2D eigenvalue weighted by Gasteiger charge is -2.15. The second kappa shape index (κ2) is 3.30. The highest BCUT2D eigenvalue weighted by Crippen LogP contribution is 2.10. The minimum atomic E-state index is 0.392. The number of aliphatic imine (C=N–C) groups is 2. The van der Waals surface area contributed by atoms with Gasteiger partial charge in [-0.25, -0.2) is 0 Å². The normalized spacial score (nSPS) is 24.0. The van der Waals surface area contributed by atoms with Gasteiger partial charge in [0.2, 0.25) is 0 Å². The summed E-state index contributed by atoms with van der Waals surface area (Å²) >= 11 is 0. The Morgan fingerprint density at radius 3 is 2.08 bits per heavy atom. The van der Waals surface area contributed by atoms with E-state index in [1.54, 1.807) is 20.2 Å². The van der Waals surface area contributed by atoms with Crippen LogP contribution >= 0.6 is 0 Å². The fourth-order valence-electron chi connectivity index (χ4n) is 1.15. The molecule has 0 amide bonds. The van der Waals surface area contributed by atoms with Gasteiger partial charge in [0, 0.05) is 14.1 Å². The summed E-state index contributed by atoms with van der Waals surface area (Å²) in [5.41, 5.74) is 19.6. The third-order valence-electron chi connectivity index (χ3n) is 1.85. The largest absolute Gasteiger partial charge is 0.397 e. The Balaban J connectivity index is 3.29. The molecule has 0 bridgehead atoms. The van der Waals surface area contributed by atoms with Gasteiger partial charge in [-0.15, -0.1) is 0 Å². The first-order chi connectivity index (χ1) is 6.11. The van der Waals surface area contributed by atoms with Gasteiger partial charge in [0.05, 0.1) is 22.8 Å². The predicted molar refractivity (Wildman–Crippen MR) is 54.4 cm³/mol. The van der Waals surface area contributed by atoms with Crippen LogP contribution in [0, 0.1) is 0 Å². The van der Waals surface area contributed by atoms with E-state index in [2.05, 4.69) is 9.98 Å². The first-order valence-corrected chi connectivity index (χ1v) is 3.79. The molecular formula is C8H13N5. The summed E-state index contributed by atoms with van der Waals surface area (Å²) in [4.78, 5) is 7.87. The molecule has 5 nitrogen and oxygen atoms in total. The van der Waals surface area contributed by atoms with Crippen molar-refractivity contribution in [3.8, 4) is 0 Å². The Kier molecular flexibility index (Phi) is 2.36. The van der Waals surface area contributed by atoms with Crippen LogP contribution in [0.4, 0.5) is 0 Å². The van der Waals surface area contributed by atoms with Crippen LogP contribution in [-0.2, 0) is 0 Å². The van der Waals surface area contributed by atoms with Crippen molar-refractivity contribution < 1.29 is 0 Å². The van der Waals surface area contributed by atoms with Gasteiger partial charge >= 0.3 is 0 Å². The molecule has 1 aliphatic rings. The molecule has 6 N–H and O–H groups in total. The van der Waals surface area contributed by atoms with Crippen LogP contribution in [0.15, 0.2) is 33.2 Å². The molecule has 5 heteroatoms. The molecule has 0 atom stereocenters. The average molecular weight is 179 g/mol. The smallest absolute Gasteiger partial charge is 0.105 e. The lowest BCUT2D eigenvalue weighted by molar-refractivity contribution is 1.25. The molecular weight excluding hydrogens is 166 g/mol. The number of allylic oxidation sites excluding steroid dienone is 1. The van der Waals surface area contributed by atoms with Crippen molar-refractivity contribution in [1.29, 1.82) is 0 Å². The Hall–Kier alpha value is -1.78. The van der Waals surface area contributed by atoms with Crippen molar-refractivity contribution in [2.45, 2.75) is 0 Å². The summed E-state index contributed by atoms with van der Waals surface area (Å²) in [5.74, 6) is 0. The van der Waals surface area contributed by atoms with Crippen molar-refractivity contribution in [2.75, 3.05) is 14.1 Å². The zero-order valence-electron chi connectivity index (χ0n) is 7.70. The highest BCUT2D eigenvalue weighted by Gasteiger charge is 2.18. The number of nitrogens with zero attached hydrogens (tertiary/aromatic N) is 2. The zero-order chi connectivity index (χ0) is 10.0. The van der Waals surface area contributed by atoms with Gasteiger partial charge in [-0.05, 0) is 6.08 Å². The van der Waals surface area contributed by atoms with Crippen molar-refractivity contribution in [3.63, 3.8) is 0 Å². The predicted octanol–water partition coefficient (Wildman–Crippen LogP) is -0.887. The standard InChI is InChI=1S/C8H13N5/c1-12-5-3-4(9)8(13-2)7(11)6(5)10/h3H,9-11H2,1-2H3/b12-5?,13-8+. The zero-order valence-corrected chi connectivity index (χ0v) is 7.70. The summed E-state index contributed by atoms with van der Waals surface area (Å²) in [5, 5.41) is 0. The molecule has 0 saturated heterocycles. The van der Waals surface area contributed by atoms with Crippen molar-refractivity contribution in [1.82, 2.24) is 0 Å². The molecule has 70 valence electrons. The SMILES string of the molecule is CN=C1C=C(N)/C(=N\C)C(N)=C1N. The second-order valence-corrected chi connectivity index (χ2v) is 2.61. The highest BCUT2D eigenvalue weighted by atomic mass is 14.9. The third kappa shape index (κ3) is 1.40. The molecule has 0 aromatic carbocycles. The maximum Gasteiger partial charge on any atom is 0.105 e. The lowest BCUT2D eigenvalue weighted by Crippen LogP contribution is -2.31. The van der Waals surface area contributed by atoms with E-state index in [0.717, 1.165) is 0 Å². The van der Waals surface area contributed by atoms with Gasteiger partial charge < -0.3 is 17.2 Å². The van der Waals surface area contributed by atoms with E-state index in [1.807, 2.05) is 0 Å². The molecule has 0 radical (unpaired) electrons. The van der Waals surface area contributed by atoms with Crippen LogP contribution in [0.5, 0.6) is 0 Å². The van der Waals surface area contributed by atoms with Gasteiger partial charge in [-0.2, -0.15) is 0 Å². The summed E-state index contributed by atoms with van der Waals surface area (Å²) in [6.07, 6.45) is 1.66. The minimum absolute atomic E-state index is 0.392. The molecule has 13 heavy (non-hydrogen) atoms. The fourth-order valence-corrected chi connectivity index (χ4v) is 1.15. The van der Waals surface area contributed by atoms with Crippen molar-refractivity contribution in [2.24, 2.45) is 27.2 Å². The summed E-state index contributed by atoms with van der Waals surface area (Å²) in [7, 11) is 3.25. The molecule has 0 fully saturated rings. The first kappa shape index (κ1) is 9.31. The molecule has 1 aliphatic carbocycles. The van der Waals surface area contributed by atoms with Gasteiger partial charge in [-0.1, -0.05) is 0 Å². The van der Waals surface area contributed by atoms with E-state index in [9.17, 15) is 0 Å². The van der Waals surface area contributed by atoms with E-state index >= 15 is 0 Å². The van der Waals surface area contributed by atoms with Crippen molar-refractivity contribution >= 4 is 11.4 Å². The van der Waals surface area contributed by atoms with Gasteiger partial charge in [-0.3, -0.25) is 9.98 Å². The maximum atomic E-state index is 5.71. The Bertz CT molecular complexity index is 346. The molecule has 0 spiro atoms. The Morgan fingerprint density at radius 1 is 1.00 bits per heavy atom. The van der Waals surface area contributed by atoms with E-state index in [0.29, 0.717) is 28.5 Å². The van der Waals surface area contributed by atoms with Gasteiger partial charge in [0.1, 0.15) is 5.71 Å². The van der Waals surface area contributed by atoms with Crippen LogP contribution in [0.3, 0.4) is 0 Å². The van der Waals surface area contributed by atoms with Crippen LogP contribution in [0.1, 0.15) is 0 Å². The number of rotatable bonds is 0. The topological polar surface area (TPSA) is 103 Å². The average Bonchev–Trinajstić information content (AvgIpc) is 2.12. The maximum absolute atomic E-state index is 5.71. The van der Waals surface area contributed by atoms with Gasteiger partial charge in [0.15, 0.2) is 0 Å². The van der Waals surface area contributed by atoms with Gasteiger partial charge in [0.25, 0.3) is 0 Å². The molecule has 0 heterocycles. The Labute approximate surface area is 76.7 Å². The second-order valence-electron chi connectivity index (χ2n) is 2.61. The summed E-state index contributed by atoms with van der Waals surface area (Å²) < 4.78 is 0. The first-order valence-electron chi connectivity index (χ1n) is 3.79. The quantitative estimate of drug-likeness (QED) is 0.420. The molecule has 0 aromatic rings. The third-order valence-corrected chi connectivity index (χ3v) is 1.85. The molecule has 1 rings (SSSR count). The lowest BCUT2D eigenvalue weighted by atomic mass is 10.0. The summed E-state index contributed by atoms with van der Waals surface area (Å²) in [6, 6.07) is 0. The van der Waals surface area contributed by atoms with E-state index in [-0.39, 0.29) is 0 Å². The highest BCUT2D eigenvalue weighted by molar-refractivity contribution is 6.25. The number of hydrogen-bond donors (Lipinski definition) is 3. The number of nitrogens with two attached hydrogens (primary N) is 3. The number of hydrogen-bond acceptors (Lipinski definition) is 5. The van der Waals surface area contributed by atoms with Crippen LogP contribution < -0.4 is 17.2 Å². The van der Waals surface area contributed by atoms with Crippen LogP contribution in [-0.4, -0.2) is 25.5 Å². The molecule has 0 saturated carbocycles. The molecule has 0 aromatic heterocycles.